The minimum Gasteiger partial charge on any atom is -0.431 e. The van der Waals surface area contributed by atoms with E-state index < -0.39 is 0 Å². The standard InChI is InChI=1S/C22H26O3/c1-2-20-15-13-11-9-7-5-3-4-6-8-10-12-14-16-21-17-19(23)18-22(24-20)25-21/h3,5,9,11,15,17-18H,2,4,7,10,12-14,16H2,1H3/b5-3-,11-9-,20-15+. The molecule has 132 valence electrons. The molecule has 2 rings (SSSR count). The van der Waals surface area contributed by atoms with Gasteiger partial charge in [-0.25, -0.2) is 0 Å². The van der Waals surface area contributed by atoms with Gasteiger partial charge in [-0.1, -0.05) is 37.1 Å². The van der Waals surface area contributed by atoms with Crippen molar-refractivity contribution < 1.29 is 9.15 Å². The summed E-state index contributed by atoms with van der Waals surface area (Å²) in [5.74, 6) is 8.11. The minimum absolute atomic E-state index is 0.0802. The summed E-state index contributed by atoms with van der Waals surface area (Å²) < 4.78 is 11.5. The molecule has 0 atom stereocenters. The molecule has 2 heterocycles. The fourth-order valence-corrected chi connectivity index (χ4v) is 2.45. The maximum atomic E-state index is 11.9. The zero-order chi connectivity index (χ0) is 17.7. The van der Waals surface area contributed by atoms with E-state index in [1.54, 1.807) is 6.07 Å². The van der Waals surface area contributed by atoms with E-state index in [4.69, 9.17) is 9.15 Å². The third-order valence-electron chi connectivity index (χ3n) is 3.78. The molecule has 1 aromatic heterocycles. The molecule has 25 heavy (non-hydrogen) atoms. The van der Waals surface area contributed by atoms with Crippen LogP contribution in [0.4, 0.5) is 0 Å². The predicted molar refractivity (Wildman–Crippen MR) is 101 cm³/mol. The molecule has 0 amide bonds. The number of ether oxygens (including phenoxy) is 1. The van der Waals surface area contributed by atoms with Crippen LogP contribution in [0.5, 0.6) is 5.95 Å². The Morgan fingerprint density at radius 1 is 1.04 bits per heavy atom. The van der Waals surface area contributed by atoms with Crippen LogP contribution in [0.1, 0.15) is 57.6 Å². The quantitative estimate of drug-likeness (QED) is 0.513. The van der Waals surface area contributed by atoms with Crippen LogP contribution in [0.15, 0.2) is 57.5 Å². The Bertz CT molecular complexity index is 739. The fraction of sp³-hybridized carbons (Fsp3) is 0.409. The Kier molecular flexibility index (Phi) is 8.41. The number of hydrogen-bond donors (Lipinski definition) is 0. The van der Waals surface area contributed by atoms with Crippen LogP contribution in [-0.4, -0.2) is 0 Å². The van der Waals surface area contributed by atoms with Crippen molar-refractivity contribution in [3.8, 4) is 17.8 Å². The van der Waals surface area contributed by atoms with Crippen molar-refractivity contribution >= 4 is 0 Å². The summed E-state index contributed by atoms with van der Waals surface area (Å²) in [6, 6.07) is 2.95. The number of hydrogen-bond acceptors (Lipinski definition) is 3. The molecule has 0 aromatic carbocycles. The summed E-state index contributed by atoms with van der Waals surface area (Å²) in [6.45, 7) is 2.02. The molecule has 0 unspecified atom stereocenters. The van der Waals surface area contributed by atoms with E-state index in [1.807, 2.05) is 13.0 Å². The van der Waals surface area contributed by atoms with Gasteiger partial charge in [0.05, 0.1) is 6.07 Å². The molecule has 0 spiro atoms. The highest BCUT2D eigenvalue weighted by Crippen LogP contribution is 2.17. The van der Waals surface area contributed by atoms with Crippen molar-refractivity contribution in [2.75, 3.05) is 0 Å². The second-order valence-corrected chi connectivity index (χ2v) is 5.88. The van der Waals surface area contributed by atoms with E-state index in [0.717, 1.165) is 57.1 Å². The van der Waals surface area contributed by atoms with Crippen LogP contribution < -0.4 is 10.2 Å². The lowest BCUT2D eigenvalue weighted by molar-refractivity contribution is 0.284. The summed E-state index contributed by atoms with van der Waals surface area (Å²) in [4.78, 5) is 11.9. The number of aryl methyl sites for hydroxylation is 1. The van der Waals surface area contributed by atoms with E-state index in [1.165, 1.54) is 6.07 Å². The predicted octanol–water partition coefficient (Wildman–Crippen LogP) is 5.33. The molecular formula is C22H26O3. The van der Waals surface area contributed by atoms with Gasteiger partial charge in [0.15, 0.2) is 5.43 Å². The van der Waals surface area contributed by atoms with Gasteiger partial charge in [-0.15, -0.1) is 5.92 Å². The van der Waals surface area contributed by atoms with Crippen molar-refractivity contribution in [2.24, 2.45) is 0 Å². The van der Waals surface area contributed by atoms with Gasteiger partial charge in [-0.2, -0.15) is 0 Å². The van der Waals surface area contributed by atoms with Gasteiger partial charge in [-0.05, 0) is 31.8 Å². The monoisotopic (exact) mass is 338 g/mol. The molecule has 3 nitrogen and oxygen atoms in total. The summed E-state index contributed by atoms with van der Waals surface area (Å²) in [5.41, 5.74) is -0.0802. The molecule has 1 aromatic rings. The van der Waals surface area contributed by atoms with E-state index >= 15 is 0 Å². The maximum absolute atomic E-state index is 11.9. The van der Waals surface area contributed by atoms with Crippen LogP contribution in [0.2, 0.25) is 0 Å². The Hall–Kier alpha value is -2.47. The first-order valence-corrected chi connectivity index (χ1v) is 9.04. The van der Waals surface area contributed by atoms with Gasteiger partial charge in [0.1, 0.15) is 11.5 Å². The lowest BCUT2D eigenvalue weighted by Crippen LogP contribution is -2.03. The fourth-order valence-electron chi connectivity index (χ4n) is 2.45. The minimum atomic E-state index is -0.0802. The number of fused-ring (bicyclic) bond motifs is 2. The summed E-state index contributed by atoms with van der Waals surface area (Å²) >= 11 is 0. The van der Waals surface area contributed by atoms with Crippen LogP contribution in [0.3, 0.4) is 0 Å². The molecular weight excluding hydrogens is 312 g/mol. The molecule has 0 saturated heterocycles. The van der Waals surface area contributed by atoms with Gasteiger partial charge in [-0.3, -0.25) is 4.79 Å². The molecule has 0 fully saturated rings. The summed E-state index contributed by atoms with van der Waals surface area (Å²) in [7, 11) is 0. The lowest BCUT2D eigenvalue weighted by atomic mass is 10.1. The normalized spacial score (nSPS) is 21.1. The van der Waals surface area contributed by atoms with Gasteiger partial charge < -0.3 is 9.15 Å². The molecule has 2 bridgehead atoms. The average Bonchev–Trinajstić information content (AvgIpc) is 2.60. The Balaban J connectivity index is 2.14. The van der Waals surface area contributed by atoms with Gasteiger partial charge in [0.2, 0.25) is 0 Å². The van der Waals surface area contributed by atoms with Gasteiger partial charge in [0, 0.05) is 31.7 Å². The van der Waals surface area contributed by atoms with Gasteiger partial charge in [0.25, 0.3) is 5.95 Å². The molecule has 1 aliphatic rings. The highest BCUT2D eigenvalue weighted by molar-refractivity contribution is 5.14. The molecule has 0 radical (unpaired) electrons. The largest absolute Gasteiger partial charge is 0.431 e. The lowest BCUT2D eigenvalue weighted by Gasteiger charge is -2.08. The smallest absolute Gasteiger partial charge is 0.293 e. The SMILES string of the molecule is CC/C1=C\C/C=C\C/C=C\CC#CCCCCc2cc(=O)cc(o2)O1. The van der Waals surface area contributed by atoms with Crippen molar-refractivity contribution in [1.82, 2.24) is 0 Å². The van der Waals surface area contributed by atoms with Crippen molar-refractivity contribution in [3.63, 3.8) is 0 Å². The number of rotatable bonds is 1. The first-order chi connectivity index (χ1) is 12.3. The van der Waals surface area contributed by atoms with Crippen LogP contribution in [-0.2, 0) is 6.42 Å². The Labute approximate surface area is 150 Å². The van der Waals surface area contributed by atoms with Crippen LogP contribution >= 0.6 is 0 Å². The first-order valence-electron chi connectivity index (χ1n) is 9.04. The maximum Gasteiger partial charge on any atom is 0.293 e. The first kappa shape index (κ1) is 18.9. The number of allylic oxidation sites excluding steroid dienone is 6. The Morgan fingerprint density at radius 3 is 2.76 bits per heavy atom. The molecule has 1 aliphatic heterocycles. The molecule has 0 aliphatic carbocycles. The highest BCUT2D eigenvalue weighted by Gasteiger charge is 2.06. The van der Waals surface area contributed by atoms with E-state index in [9.17, 15) is 4.79 Å². The zero-order valence-corrected chi connectivity index (χ0v) is 14.9. The van der Waals surface area contributed by atoms with Crippen molar-refractivity contribution in [3.05, 3.63) is 64.3 Å². The second-order valence-electron chi connectivity index (χ2n) is 5.88. The molecule has 0 saturated carbocycles. The Morgan fingerprint density at radius 2 is 1.88 bits per heavy atom. The zero-order valence-electron chi connectivity index (χ0n) is 14.9. The molecule has 3 heteroatoms. The molecule has 0 N–H and O–H groups in total. The topological polar surface area (TPSA) is 39.4 Å². The third kappa shape index (κ3) is 7.76. The summed E-state index contributed by atoms with van der Waals surface area (Å²) in [5, 5.41) is 0. The summed E-state index contributed by atoms with van der Waals surface area (Å²) in [6.07, 6.45) is 17.3. The van der Waals surface area contributed by atoms with Gasteiger partial charge >= 0.3 is 0 Å². The van der Waals surface area contributed by atoms with E-state index in [2.05, 4.69) is 36.1 Å². The van der Waals surface area contributed by atoms with Crippen LogP contribution in [0.25, 0.3) is 0 Å². The van der Waals surface area contributed by atoms with Crippen molar-refractivity contribution in [2.45, 2.75) is 58.3 Å². The highest BCUT2D eigenvalue weighted by atomic mass is 16.6. The average molecular weight is 338 g/mol. The van der Waals surface area contributed by atoms with E-state index in [0.29, 0.717) is 5.76 Å². The van der Waals surface area contributed by atoms with Crippen LogP contribution in [0, 0.1) is 11.8 Å². The third-order valence-corrected chi connectivity index (χ3v) is 3.78. The second kappa shape index (κ2) is 11.1. The van der Waals surface area contributed by atoms with Crippen molar-refractivity contribution in [1.29, 1.82) is 0 Å². The van der Waals surface area contributed by atoms with E-state index in [-0.39, 0.29) is 11.4 Å².